The summed E-state index contributed by atoms with van der Waals surface area (Å²) < 4.78 is 19.7. The van der Waals surface area contributed by atoms with E-state index in [4.69, 9.17) is 4.42 Å². The molecule has 4 rings (SSSR count). The molecular formula is C18H12FNO. The molecule has 0 saturated heterocycles. The lowest BCUT2D eigenvalue weighted by Crippen LogP contribution is -1.81. The van der Waals surface area contributed by atoms with Gasteiger partial charge in [-0.1, -0.05) is 18.2 Å². The first-order valence-corrected chi connectivity index (χ1v) is 6.77. The molecule has 0 saturated carbocycles. The Kier molecular flexibility index (Phi) is 2.54. The number of aryl methyl sites for hydroxylation is 1. The molecule has 0 unspecified atom stereocenters. The Morgan fingerprint density at radius 2 is 1.76 bits per heavy atom. The van der Waals surface area contributed by atoms with E-state index in [2.05, 4.69) is 4.98 Å². The second-order valence-electron chi connectivity index (χ2n) is 5.05. The molecule has 0 bridgehead atoms. The number of fused-ring (bicyclic) bond motifs is 3. The van der Waals surface area contributed by atoms with Gasteiger partial charge in [0.1, 0.15) is 17.0 Å². The normalized spacial score (nSPS) is 11.3. The van der Waals surface area contributed by atoms with Gasteiger partial charge in [-0.3, -0.25) is 4.98 Å². The van der Waals surface area contributed by atoms with Crippen molar-refractivity contribution in [2.45, 2.75) is 6.92 Å². The minimum absolute atomic E-state index is 0.249. The molecule has 0 amide bonds. The van der Waals surface area contributed by atoms with Crippen molar-refractivity contribution in [3.05, 3.63) is 66.1 Å². The standard InChI is InChI=1S/C18H12FNO/c1-11-15(19)9-8-13-12-5-4-6-14(18(12)21-17(11)13)16-7-2-3-10-20-16/h2-10H,1H3. The SMILES string of the molecule is Cc1c(F)ccc2c1oc1c(-c3ccccn3)cccc12. The molecule has 0 fully saturated rings. The van der Waals surface area contributed by atoms with Crippen molar-refractivity contribution in [3.8, 4) is 11.3 Å². The van der Waals surface area contributed by atoms with Crippen molar-refractivity contribution >= 4 is 21.9 Å². The van der Waals surface area contributed by atoms with Gasteiger partial charge in [-0.25, -0.2) is 4.39 Å². The number of benzene rings is 2. The quantitative estimate of drug-likeness (QED) is 0.484. The van der Waals surface area contributed by atoms with Gasteiger partial charge >= 0.3 is 0 Å². The molecular weight excluding hydrogens is 265 g/mol. The number of halogens is 1. The van der Waals surface area contributed by atoms with E-state index in [1.807, 2.05) is 36.4 Å². The average molecular weight is 277 g/mol. The fraction of sp³-hybridized carbons (Fsp3) is 0.0556. The molecule has 0 radical (unpaired) electrons. The number of pyridine rings is 1. The van der Waals surface area contributed by atoms with Crippen LogP contribution in [0.3, 0.4) is 0 Å². The summed E-state index contributed by atoms with van der Waals surface area (Å²) in [6.07, 6.45) is 1.75. The van der Waals surface area contributed by atoms with Crippen LogP contribution in [0.5, 0.6) is 0 Å². The maximum Gasteiger partial charge on any atom is 0.144 e. The van der Waals surface area contributed by atoms with Gasteiger partial charge in [0, 0.05) is 28.1 Å². The van der Waals surface area contributed by atoms with Crippen LogP contribution in [0.4, 0.5) is 4.39 Å². The molecule has 2 aromatic carbocycles. The van der Waals surface area contributed by atoms with Crippen molar-refractivity contribution in [2.24, 2.45) is 0 Å². The van der Waals surface area contributed by atoms with Gasteiger partial charge in [-0.15, -0.1) is 0 Å². The second-order valence-corrected chi connectivity index (χ2v) is 5.05. The number of rotatable bonds is 1. The average Bonchev–Trinajstić information content (AvgIpc) is 2.91. The van der Waals surface area contributed by atoms with E-state index in [0.717, 1.165) is 27.6 Å². The summed E-state index contributed by atoms with van der Waals surface area (Å²) in [5.41, 5.74) is 3.66. The summed E-state index contributed by atoms with van der Waals surface area (Å²) >= 11 is 0. The highest BCUT2D eigenvalue weighted by Crippen LogP contribution is 2.36. The molecule has 2 heterocycles. The monoisotopic (exact) mass is 277 g/mol. The van der Waals surface area contributed by atoms with Crippen LogP contribution < -0.4 is 0 Å². The Morgan fingerprint density at radius 3 is 2.57 bits per heavy atom. The van der Waals surface area contributed by atoms with Gasteiger partial charge in [0.25, 0.3) is 0 Å². The lowest BCUT2D eigenvalue weighted by Gasteiger charge is -2.00. The molecule has 0 spiro atoms. The van der Waals surface area contributed by atoms with Gasteiger partial charge < -0.3 is 4.42 Å². The minimum atomic E-state index is -0.249. The topological polar surface area (TPSA) is 26.0 Å². The zero-order valence-corrected chi connectivity index (χ0v) is 11.4. The van der Waals surface area contributed by atoms with E-state index >= 15 is 0 Å². The Hall–Kier alpha value is -2.68. The summed E-state index contributed by atoms with van der Waals surface area (Å²) in [6.45, 7) is 1.74. The summed E-state index contributed by atoms with van der Waals surface area (Å²) in [5, 5.41) is 1.91. The number of para-hydroxylation sites is 1. The Labute approximate surface area is 120 Å². The highest BCUT2D eigenvalue weighted by Gasteiger charge is 2.15. The van der Waals surface area contributed by atoms with Crippen molar-refractivity contribution in [3.63, 3.8) is 0 Å². The smallest absolute Gasteiger partial charge is 0.144 e. The highest BCUT2D eigenvalue weighted by atomic mass is 19.1. The van der Waals surface area contributed by atoms with Crippen LogP contribution in [0.25, 0.3) is 33.2 Å². The lowest BCUT2D eigenvalue weighted by atomic mass is 10.1. The molecule has 2 aromatic heterocycles. The highest BCUT2D eigenvalue weighted by molar-refractivity contribution is 6.10. The predicted molar refractivity (Wildman–Crippen MR) is 81.6 cm³/mol. The largest absolute Gasteiger partial charge is 0.455 e. The van der Waals surface area contributed by atoms with Crippen LogP contribution in [0.15, 0.2) is 59.1 Å². The van der Waals surface area contributed by atoms with Crippen molar-refractivity contribution in [1.29, 1.82) is 0 Å². The van der Waals surface area contributed by atoms with Crippen LogP contribution in [0.1, 0.15) is 5.56 Å². The Morgan fingerprint density at radius 1 is 0.905 bits per heavy atom. The van der Waals surface area contributed by atoms with Crippen molar-refractivity contribution in [1.82, 2.24) is 4.98 Å². The predicted octanol–water partition coefficient (Wildman–Crippen LogP) is 5.10. The second kappa shape index (κ2) is 4.42. The molecule has 0 atom stereocenters. The van der Waals surface area contributed by atoms with E-state index in [1.54, 1.807) is 19.2 Å². The van der Waals surface area contributed by atoms with Crippen molar-refractivity contribution in [2.75, 3.05) is 0 Å². The van der Waals surface area contributed by atoms with Crippen LogP contribution >= 0.6 is 0 Å². The van der Waals surface area contributed by atoms with E-state index in [9.17, 15) is 4.39 Å². The lowest BCUT2D eigenvalue weighted by molar-refractivity contribution is 0.608. The van der Waals surface area contributed by atoms with Crippen LogP contribution in [0.2, 0.25) is 0 Å². The Bertz CT molecular complexity index is 957. The molecule has 0 N–H and O–H groups in total. The molecule has 0 aliphatic heterocycles. The maximum atomic E-state index is 13.7. The van der Waals surface area contributed by atoms with Crippen LogP contribution in [0, 0.1) is 12.7 Å². The van der Waals surface area contributed by atoms with Gasteiger partial charge in [0.05, 0.1) is 5.69 Å². The van der Waals surface area contributed by atoms with Gasteiger partial charge in [0.2, 0.25) is 0 Å². The van der Waals surface area contributed by atoms with Crippen molar-refractivity contribution < 1.29 is 8.81 Å². The molecule has 2 nitrogen and oxygen atoms in total. The molecule has 4 aromatic rings. The van der Waals surface area contributed by atoms with Gasteiger partial charge in [-0.05, 0) is 37.3 Å². The van der Waals surface area contributed by atoms with Gasteiger partial charge in [-0.2, -0.15) is 0 Å². The Balaban J connectivity index is 2.13. The number of nitrogens with zero attached hydrogens (tertiary/aromatic N) is 1. The molecule has 3 heteroatoms. The minimum Gasteiger partial charge on any atom is -0.455 e. The zero-order chi connectivity index (χ0) is 14.4. The van der Waals surface area contributed by atoms with E-state index in [1.165, 1.54) is 6.07 Å². The van der Waals surface area contributed by atoms with E-state index in [0.29, 0.717) is 11.1 Å². The summed E-state index contributed by atoms with van der Waals surface area (Å²) in [7, 11) is 0. The number of hydrogen-bond acceptors (Lipinski definition) is 2. The molecule has 102 valence electrons. The third kappa shape index (κ3) is 1.74. The number of aromatic nitrogens is 1. The summed E-state index contributed by atoms with van der Waals surface area (Å²) in [6, 6.07) is 14.9. The molecule has 0 aliphatic rings. The third-order valence-electron chi connectivity index (χ3n) is 3.79. The number of hydrogen-bond donors (Lipinski definition) is 0. The summed E-state index contributed by atoms with van der Waals surface area (Å²) in [5.74, 6) is -0.249. The molecule has 21 heavy (non-hydrogen) atoms. The molecule has 0 aliphatic carbocycles. The maximum absolute atomic E-state index is 13.7. The van der Waals surface area contributed by atoms with Crippen LogP contribution in [-0.4, -0.2) is 4.98 Å². The first-order valence-electron chi connectivity index (χ1n) is 6.77. The van der Waals surface area contributed by atoms with Crippen LogP contribution in [-0.2, 0) is 0 Å². The van der Waals surface area contributed by atoms with E-state index < -0.39 is 0 Å². The first-order chi connectivity index (χ1) is 10.3. The fourth-order valence-electron chi connectivity index (χ4n) is 2.70. The first kappa shape index (κ1) is 12.1. The fourth-order valence-corrected chi connectivity index (χ4v) is 2.70. The number of furan rings is 1. The van der Waals surface area contributed by atoms with E-state index in [-0.39, 0.29) is 5.82 Å². The van der Waals surface area contributed by atoms with Gasteiger partial charge in [0.15, 0.2) is 0 Å². The zero-order valence-electron chi connectivity index (χ0n) is 11.4. The summed E-state index contributed by atoms with van der Waals surface area (Å²) in [4.78, 5) is 4.38. The third-order valence-corrected chi connectivity index (χ3v) is 3.79.